The summed E-state index contributed by atoms with van der Waals surface area (Å²) >= 11 is 0. The van der Waals surface area contributed by atoms with Gasteiger partial charge in [0.05, 0.1) is 0 Å². The van der Waals surface area contributed by atoms with E-state index in [2.05, 4.69) is 5.32 Å². The van der Waals surface area contributed by atoms with Crippen molar-refractivity contribution in [3.8, 4) is 0 Å². The Hall–Kier alpha value is -0.860. The van der Waals surface area contributed by atoms with Gasteiger partial charge in [-0.15, -0.1) is 0 Å². The fourth-order valence-electron chi connectivity index (χ4n) is 1.35. The number of Topliss-reactive ketones (excluding diaryl/α,β-unsaturated/α-hetero) is 1. The summed E-state index contributed by atoms with van der Waals surface area (Å²) in [5.74, 6) is 0.616. The summed E-state index contributed by atoms with van der Waals surface area (Å²) in [6.45, 7) is 3.88. The number of unbranched alkanes of at least 4 members (excludes halogenated alkanes) is 3. The predicted octanol–water partition coefficient (Wildman–Crippen LogP) is 2.30. The van der Waals surface area contributed by atoms with E-state index in [1.165, 1.54) is 0 Å². The van der Waals surface area contributed by atoms with Crippen molar-refractivity contribution in [2.24, 2.45) is 5.92 Å². The van der Waals surface area contributed by atoms with Crippen LogP contribution in [0.3, 0.4) is 0 Å². The van der Waals surface area contributed by atoms with E-state index in [9.17, 15) is 9.59 Å². The third-order valence-electron chi connectivity index (χ3n) is 2.50. The molecule has 0 heterocycles. The molecule has 1 amide bonds. The van der Waals surface area contributed by atoms with E-state index >= 15 is 0 Å². The zero-order chi connectivity index (χ0) is 11.7. The molecule has 0 aromatic heterocycles. The molecule has 0 aromatic carbocycles. The molecule has 0 radical (unpaired) electrons. The first-order valence-electron chi connectivity index (χ1n) is 5.81. The van der Waals surface area contributed by atoms with Crippen LogP contribution >= 0.6 is 0 Å². The Morgan fingerprint density at radius 1 is 1.00 bits per heavy atom. The van der Waals surface area contributed by atoms with Crippen LogP contribution in [0.2, 0.25) is 0 Å². The van der Waals surface area contributed by atoms with Crippen molar-refractivity contribution >= 4 is 11.7 Å². The summed E-state index contributed by atoms with van der Waals surface area (Å²) in [4.78, 5) is 22.1. The third kappa shape index (κ3) is 8.16. The highest BCUT2D eigenvalue weighted by atomic mass is 16.1. The number of carbonyl (C=O) groups excluding carboxylic acids is 2. The Labute approximate surface area is 92.6 Å². The van der Waals surface area contributed by atoms with Gasteiger partial charge in [0.25, 0.3) is 0 Å². The molecule has 0 spiro atoms. The normalized spacial score (nSPS) is 10.4. The summed E-state index contributed by atoms with van der Waals surface area (Å²) in [5, 5.41) is 2.60. The minimum absolute atomic E-state index is 0.105. The number of rotatable bonds is 8. The van der Waals surface area contributed by atoms with Gasteiger partial charge >= 0.3 is 0 Å². The van der Waals surface area contributed by atoms with E-state index in [4.69, 9.17) is 0 Å². The average Bonchev–Trinajstić information content (AvgIpc) is 2.22. The summed E-state index contributed by atoms with van der Waals surface area (Å²) in [6.07, 6.45) is 5.28. The molecule has 0 aliphatic carbocycles. The van der Waals surface area contributed by atoms with E-state index in [1.807, 2.05) is 13.8 Å². The molecular formula is C12H23NO2. The fraction of sp³-hybridized carbons (Fsp3) is 0.833. The van der Waals surface area contributed by atoms with Crippen LogP contribution in [0.15, 0.2) is 0 Å². The van der Waals surface area contributed by atoms with Gasteiger partial charge in [-0.1, -0.05) is 26.7 Å². The van der Waals surface area contributed by atoms with Crippen molar-refractivity contribution < 1.29 is 9.59 Å². The molecule has 0 saturated heterocycles. The van der Waals surface area contributed by atoms with Crippen molar-refractivity contribution in [3.05, 3.63) is 0 Å². The standard InChI is InChI=1S/C12H23NO2/c1-10(2)11(14)8-6-4-5-7-9-12(15)13-3/h10H,4-9H2,1-3H3,(H,13,15). The second-order valence-electron chi connectivity index (χ2n) is 4.21. The van der Waals surface area contributed by atoms with E-state index in [0.717, 1.165) is 25.7 Å². The molecule has 0 unspecified atom stereocenters. The lowest BCUT2D eigenvalue weighted by Gasteiger charge is -2.03. The van der Waals surface area contributed by atoms with Crippen LogP contribution in [0.4, 0.5) is 0 Å². The Balaban J connectivity index is 3.25. The van der Waals surface area contributed by atoms with Crippen molar-refractivity contribution in [1.29, 1.82) is 0 Å². The van der Waals surface area contributed by atoms with E-state index in [-0.39, 0.29) is 11.8 Å². The second kappa shape index (κ2) is 8.45. The summed E-state index contributed by atoms with van der Waals surface area (Å²) < 4.78 is 0. The lowest BCUT2D eigenvalue weighted by molar-refractivity contribution is -0.122. The average molecular weight is 213 g/mol. The summed E-state index contributed by atoms with van der Waals surface area (Å²) in [7, 11) is 1.66. The second-order valence-corrected chi connectivity index (χ2v) is 4.21. The molecule has 3 heteroatoms. The Kier molecular flexibility index (Phi) is 7.96. The molecule has 3 nitrogen and oxygen atoms in total. The van der Waals surface area contributed by atoms with Crippen LogP contribution in [0.25, 0.3) is 0 Å². The van der Waals surface area contributed by atoms with Gasteiger partial charge in [0.1, 0.15) is 5.78 Å². The van der Waals surface area contributed by atoms with Gasteiger partial charge in [-0.2, -0.15) is 0 Å². The molecule has 0 bridgehead atoms. The number of ketones is 1. The first-order chi connectivity index (χ1) is 7.07. The molecule has 0 atom stereocenters. The van der Waals surface area contributed by atoms with Crippen molar-refractivity contribution in [1.82, 2.24) is 5.32 Å². The number of hydrogen-bond donors (Lipinski definition) is 1. The van der Waals surface area contributed by atoms with Crippen molar-refractivity contribution in [2.45, 2.75) is 52.4 Å². The molecule has 0 saturated carbocycles. The van der Waals surface area contributed by atoms with Crippen LogP contribution in [0.5, 0.6) is 0 Å². The molecule has 0 aliphatic rings. The van der Waals surface area contributed by atoms with Crippen LogP contribution in [0.1, 0.15) is 52.4 Å². The molecule has 0 fully saturated rings. The highest BCUT2D eigenvalue weighted by Crippen LogP contribution is 2.08. The van der Waals surface area contributed by atoms with Gasteiger partial charge in [-0.25, -0.2) is 0 Å². The summed E-state index contributed by atoms with van der Waals surface area (Å²) in [6, 6.07) is 0. The Bertz CT molecular complexity index is 200. The zero-order valence-corrected chi connectivity index (χ0v) is 10.1. The molecule has 0 aromatic rings. The largest absolute Gasteiger partial charge is 0.359 e. The van der Waals surface area contributed by atoms with Gasteiger partial charge in [0.2, 0.25) is 5.91 Å². The first kappa shape index (κ1) is 14.1. The predicted molar refractivity (Wildman–Crippen MR) is 61.6 cm³/mol. The van der Waals surface area contributed by atoms with Crippen molar-refractivity contribution in [3.63, 3.8) is 0 Å². The Morgan fingerprint density at radius 3 is 2.00 bits per heavy atom. The topological polar surface area (TPSA) is 46.2 Å². The van der Waals surface area contributed by atoms with Crippen LogP contribution in [-0.4, -0.2) is 18.7 Å². The minimum atomic E-state index is 0.105. The number of carbonyl (C=O) groups is 2. The van der Waals surface area contributed by atoms with E-state index in [0.29, 0.717) is 18.6 Å². The summed E-state index contributed by atoms with van der Waals surface area (Å²) in [5.41, 5.74) is 0. The minimum Gasteiger partial charge on any atom is -0.359 e. The van der Waals surface area contributed by atoms with Gasteiger partial charge in [0, 0.05) is 25.8 Å². The van der Waals surface area contributed by atoms with Gasteiger partial charge < -0.3 is 5.32 Å². The lowest BCUT2D eigenvalue weighted by atomic mass is 10.0. The molecule has 1 N–H and O–H groups in total. The highest BCUT2D eigenvalue weighted by molar-refractivity contribution is 5.80. The zero-order valence-electron chi connectivity index (χ0n) is 10.1. The van der Waals surface area contributed by atoms with Crippen molar-refractivity contribution in [2.75, 3.05) is 7.05 Å². The van der Waals surface area contributed by atoms with Gasteiger partial charge in [0.15, 0.2) is 0 Å². The monoisotopic (exact) mass is 213 g/mol. The van der Waals surface area contributed by atoms with E-state index in [1.54, 1.807) is 7.05 Å². The molecule has 15 heavy (non-hydrogen) atoms. The lowest BCUT2D eigenvalue weighted by Crippen LogP contribution is -2.16. The van der Waals surface area contributed by atoms with Crippen LogP contribution < -0.4 is 5.32 Å². The maximum Gasteiger partial charge on any atom is 0.219 e. The number of amides is 1. The molecular weight excluding hydrogens is 190 g/mol. The number of nitrogens with one attached hydrogen (secondary N) is 1. The number of hydrogen-bond acceptors (Lipinski definition) is 2. The quantitative estimate of drug-likeness (QED) is 0.629. The maximum atomic E-state index is 11.3. The fourth-order valence-corrected chi connectivity index (χ4v) is 1.35. The van der Waals surface area contributed by atoms with Crippen LogP contribution in [-0.2, 0) is 9.59 Å². The van der Waals surface area contributed by atoms with Gasteiger partial charge in [-0.3, -0.25) is 9.59 Å². The Morgan fingerprint density at radius 2 is 1.53 bits per heavy atom. The highest BCUT2D eigenvalue weighted by Gasteiger charge is 2.05. The molecule has 0 rings (SSSR count). The SMILES string of the molecule is CNC(=O)CCCCCCC(=O)C(C)C. The van der Waals surface area contributed by atoms with Crippen LogP contribution in [0, 0.1) is 5.92 Å². The molecule has 0 aliphatic heterocycles. The first-order valence-corrected chi connectivity index (χ1v) is 5.81. The maximum absolute atomic E-state index is 11.3. The smallest absolute Gasteiger partial charge is 0.219 e. The van der Waals surface area contributed by atoms with E-state index < -0.39 is 0 Å². The molecule has 88 valence electrons. The van der Waals surface area contributed by atoms with Gasteiger partial charge in [-0.05, 0) is 12.8 Å². The third-order valence-corrected chi connectivity index (χ3v) is 2.50.